The SMILES string of the molecule is CCNC(=O)c1cc2c(=O)oc3ccccc3c2n1C. The maximum Gasteiger partial charge on any atom is 0.345 e. The van der Waals surface area contributed by atoms with Gasteiger partial charge in [0.15, 0.2) is 0 Å². The van der Waals surface area contributed by atoms with Crippen LogP contribution in [0, 0.1) is 0 Å². The molecular weight excluding hydrogens is 256 g/mol. The first kappa shape index (κ1) is 12.5. The summed E-state index contributed by atoms with van der Waals surface area (Å²) in [5.41, 5.74) is 1.27. The molecule has 2 heterocycles. The van der Waals surface area contributed by atoms with Crippen LogP contribution in [0.1, 0.15) is 17.4 Å². The lowest BCUT2D eigenvalue weighted by Gasteiger charge is -2.05. The Hall–Kier alpha value is -2.56. The van der Waals surface area contributed by atoms with Crippen LogP contribution < -0.4 is 10.9 Å². The molecule has 0 saturated heterocycles. The number of para-hydroxylation sites is 1. The molecule has 0 unspecified atom stereocenters. The van der Waals surface area contributed by atoms with Crippen LogP contribution in [0.3, 0.4) is 0 Å². The molecule has 0 atom stereocenters. The Kier molecular flexibility index (Phi) is 2.82. The van der Waals surface area contributed by atoms with E-state index in [1.165, 1.54) is 0 Å². The van der Waals surface area contributed by atoms with Gasteiger partial charge in [-0.2, -0.15) is 0 Å². The highest BCUT2D eigenvalue weighted by Crippen LogP contribution is 2.24. The highest BCUT2D eigenvalue weighted by Gasteiger charge is 2.17. The predicted molar refractivity (Wildman–Crippen MR) is 77.0 cm³/mol. The molecular formula is C15H14N2O3. The third-order valence-corrected chi connectivity index (χ3v) is 3.37. The highest BCUT2D eigenvalue weighted by molar-refractivity contribution is 6.07. The quantitative estimate of drug-likeness (QED) is 0.725. The van der Waals surface area contributed by atoms with Crippen molar-refractivity contribution in [3.63, 3.8) is 0 Å². The molecule has 0 spiro atoms. The number of nitrogens with one attached hydrogen (secondary N) is 1. The second-order valence-corrected chi connectivity index (χ2v) is 4.60. The Bertz CT molecular complexity index is 874. The van der Waals surface area contributed by atoms with Crippen LogP contribution in [0.4, 0.5) is 0 Å². The van der Waals surface area contributed by atoms with E-state index < -0.39 is 5.63 Å². The van der Waals surface area contributed by atoms with Crippen LogP contribution in [0.15, 0.2) is 39.5 Å². The standard InChI is InChI=1S/C15H14N2O3/c1-3-16-14(18)11-8-10-13(17(11)2)9-6-4-5-7-12(9)20-15(10)19/h4-8H,3H2,1-2H3,(H,16,18). The predicted octanol–water partition coefficient (Wildman–Crippen LogP) is 2.03. The van der Waals surface area contributed by atoms with Crippen LogP contribution in [-0.4, -0.2) is 17.0 Å². The summed E-state index contributed by atoms with van der Waals surface area (Å²) in [6.07, 6.45) is 0. The summed E-state index contributed by atoms with van der Waals surface area (Å²) in [5.74, 6) is -0.199. The maximum atomic E-state index is 12.0. The zero-order valence-electron chi connectivity index (χ0n) is 11.3. The molecule has 2 aromatic heterocycles. The molecule has 0 saturated carbocycles. The summed E-state index contributed by atoms with van der Waals surface area (Å²) < 4.78 is 7.02. The number of carbonyl (C=O) groups is 1. The molecule has 1 N–H and O–H groups in total. The first-order valence-electron chi connectivity index (χ1n) is 6.43. The molecule has 1 amide bonds. The van der Waals surface area contributed by atoms with Crippen LogP contribution in [0.25, 0.3) is 21.9 Å². The minimum atomic E-state index is -0.426. The van der Waals surface area contributed by atoms with E-state index in [1.807, 2.05) is 25.1 Å². The number of rotatable bonds is 2. The van der Waals surface area contributed by atoms with Crippen LogP contribution in [-0.2, 0) is 7.05 Å². The summed E-state index contributed by atoms with van der Waals surface area (Å²) in [7, 11) is 1.78. The van der Waals surface area contributed by atoms with Gasteiger partial charge in [-0.1, -0.05) is 12.1 Å². The molecule has 3 rings (SSSR count). The average Bonchev–Trinajstić information content (AvgIpc) is 2.78. The largest absolute Gasteiger partial charge is 0.422 e. The third kappa shape index (κ3) is 1.71. The Balaban J connectivity index is 2.42. The molecule has 5 nitrogen and oxygen atoms in total. The Morgan fingerprint density at radius 2 is 2.05 bits per heavy atom. The number of carbonyl (C=O) groups excluding carboxylic acids is 1. The number of benzene rings is 1. The number of hydrogen-bond acceptors (Lipinski definition) is 3. The molecule has 5 heteroatoms. The Morgan fingerprint density at radius 1 is 1.30 bits per heavy atom. The van der Waals surface area contributed by atoms with Gasteiger partial charge >= 0.3 is 5.63 Å². The van der Waals surface area contributed by atoms with E-state index in [0.717, 1.165) is 10.9 Å². The molecule has 0 fully saturated rings. The van der Waals surface area contributed by atoms with Gasteiger partial charge < -0.3 is 14.3 Å². The second kappa shape index (κ2) is 4.52. The molecule has 102 valence electrons. The number of aromatic nitrogens is 1. The molecule has 0 aliphatic rings. The minimum Gasteiger partial charge on any atom is -0.422 e. The van der Waals surface area contributed by atoms with Gasteiger partial charge in [-0.15, -0.1) is 0 Å². The topological polar surface area (TPSA) is 64.2 Å². The van der Waals surface area contributed by atoms with Crippen molar-refractivity contribution < 1.29 is 9.21 Å². The minimum absolute atomic E-state index is 0.199. The number of hydrogen-bond donors (Lipinski definition) is 1. The van der Waals surface area contributed by atoms with E-state index in [0.29, 0.717) is 23.2 Å². The van der Waals surface area contributed by atoms with Crippen molar-refractivity contribution in [2.24, 2.45) is 7.05 Å². The van der Waals surface area contributed by atoms with E-state index in [1.54, 1.807) is 23.7 Å². The van der Waals surface area contributed by atoms with Gasteiger partial charge in [-0.3, -0.25) is 4.79 Å². The molecule has 0 aliphatic carbocycles. The van der Waals surface area contributed by atoms with E-state index in [4.69, 9.17) is 4.42 Å². The first-order valence-corrected chi connectivity index (χ1v) is 6.43. The Labute approximate surface area is 114 Å². The summed E-state index contributed by atoms with van der Waals surface area (Å²) in [6.45, 7) is 2.39. The van der Waals surface area contributed by atoms with E-state index in [9.17, 15) is 9.59 Å². The van der Waals surface area contributed by atoms with Gasteiger partial charge in [0.2, 0.25) is 0 Å². The third-order valence-electron chi connectivity index (χ3n) is 3.37. The molecule has 0 aliphatic heterocycles. The van der Waals surface area contributed by atoms with E-state index in [-0.39, 0.29) is 5.91 Å². The molecule has 20 heavy (non-hydrogen) atoms. The maximum absolute atomic E-state index is 12.0. The zero-order valence-corrected chi connectivity index (χ0v) is 11.3. The van der Waals surface area contributed by atoms with Crippen molar-refractivity contribution in [3.8, 4) is 0 Å². The average molecular weight is 270 g/mol. The van der Waals surface area contributed by atoms with Gasteiger partial charge in [0.05, 0.1) is 10.9 Å². The van der Waals surface area contributed by atoms with Crippen molar-refractivity contribution in [3.05, 3.63) is 46.4 Å². The number of nitrogens with zero attached hydrogens (tertiary/aromatic N) is 1. The highest BCUT2D eigenvalue weighted by atomic mass is 16.4. The lowest BCUT2D eigenvalue weighted by molar-refractivity contribution is 0.0948. The number of amides is 1. The lowest BCUT2D eigenvalue weighted by atomic mass is 10.2. The van der Waals surface area contributed by atoms with Crippen molar-refractivity contribution in [2.45, 2.75) is 6.92 Å². The zero-order chi connectivity index (χ0) is 14.3. The van der Waals surface area contributed by atoms with Crippen molar-refractivity contribution in [2.75, 3.05) is 6.54 Å². The fourth-order valence-corrected chi connectivity index (χ4v) is 2.46. The van der Waals surface area contributed by atoms with Crippen LogP contribution in [0.5, 0.6) is 0 Å². The molecule has 3 aromatic rings. The summed E-state index contributed by atoms with van der Waals surface area (Å²) >= 11 is 0. The first-order chi connectivity index (χ1) is 9.63. The van der Waals surface area contributed by atoms with Crippen LogP contribution in [0.2, 0.25) is 0 Å². The van der Waals surface area contributed by atoms with Crippen LogP contribution >= 0.6 is 0 Å². The summed E-state index contributed by atoms with van der Waals surface area (Å²) in [5, 5.41) is 3.98. The summed E-state index contributed by atoms with van der Waals surface area (Å²) in [4.78, 5) is 24.0. The summed E-state index contributed by atoms with van der Waals surface area (Å²) in [6, 6.07) is 8.89. The van der Waals surface area contributed by atoms with Gasteiger partial charge in [0, 0.05) is 19.0 Å². The smallest absolute Gasteiger partial charge is 0.345 e. The van der Waals surface area contributed by atoms with Crippen molar-refractivity contribution in [1.29, 1.82) is 0 Å². The van der Waals surface area contributed by atoms with Gasteiger partial charge in [-0.05, 0) is 25.1 Å². The monoisotopic (exact) mass is 270 g/mol. The van der Waals surface area contributed by atoms with Crippen molar-refractivity contribution >= 4 is 27.8 Å². The Morgan fingerprint density at radius 3 is 2.80 bits per heavy atom. The number of fused-ring (bicyclic) bond motifs is 3. The van der Waals surface area contributed by atoms with E-state index in [2.05, 4.69) is 5.32 Å². The van der Waals surface area contributed by atoms with Gasteiger partial charge in [0.1, 0.15) is 11.3 Å². The number of aryl methyl sites for hydroxylation is 1. The van der Waals surface area contributed by atoms with Gasteiger partial charge in [0.25, 0.3) is 5.91 Å². The second-order valence-electron chi connectivity index (χ2n) is 4.60. The van der Waals surface area contributed by atoms with Gasteiger partial charge in [-0.25, -0.2) is 4.79 Å². The molecule has 0 radical (unpaired) electrons. The fraction of sp³-hybridized carbons (Fsp3) is 0.200. The lowest BCUT2D eigenvalue weighted by Crippen LogP contribution is -2.24. The molecule has 1 aromatic carbocycles. The van der Waals surface area contributed by atoms with Crippen molar-refractivity contribution in [1.82, 2.24) is 9.88 Å². The normalized spacial score (nSPS) is 11.1. The van der Waals surface area contributed by atoms with E-state index >= 15 is 0 Å². The molecule has 0 bridgehead atoms. The fourth-order valence-electron chi connectivity index (χ4n) is 2.46.